The van der Waals surface area contributed by atoms with Crippen molar-refractivity contribution in [2.75, 3.05) is 18.5 Å². The second-order valence-electron chi connectivity index (χ2n) is 5.01. The number of benzene rings is 2. The van der Waals surface area contributed by atoms with Crippen LogP contribution >= 0.6 is 15.9 Å². The van der Waals surface area contributed by atoms with Crippen LogP contribution in [0.2, 0.25) is 0 Å². The van der Waals surface area contributed by atoms with Gasteiger partial charge in [-0.05, 0) is 42.3 Å². The molecule has 0 aliphatic carbocycles. The Labute approximate surface area is 149 Å². The molecule has 2 aromatic carbocycles. The van der Waals surface area contributed by atoms with Crippen molar-refractivity contribution in [1.29, 1.82) is 0 Å². The molecule has 0 spiro atoms. The predicted molar refractivity (Wildman–Crippen MR) is 95.0 cm³/mol. The highest BCUT2D eigenvalue weighted by Crippen LogP contribution is 2.17. The van der Waals surface area contributed by atoms with Gasteiger partial charge in [-0.2, -0.15) is 0 Å². The molecule has 0 aromatic heterocycles. The largest absolute Gasteiger partial charge is 0.482 e. The highest BCUT2D eigenvalue weighted by atomic mass is 79.9. The molecular weight excluding hydrogens is 374 g/mol. The van der Waals surface area contributed by atoms with Gasteiger partial charge in [-0.25, -0.2) is 4.79 Å². The summed E-state index contributed by atoms with van der Waals surface area (Å²) in [7, 11) is 0. The summed E-state index contributed by atoms with van der Waals surface area (Å²) >= 11 is 3.31. The number of anilines is 1. The molecule has 0 atom stereocenters. The minimum absolute atomic E-state index is 0.255. The Kier molecular flexibility index (Phi) is 6.81. The second-order valence-corrected chi connectivity index (χ2v) is 5.92. The van der Waals surface area contributed by atoms with Gasteiger partial charge in [0.25, 0.3) is 5.91 Å². The maximum Gasteiger partial charge on any atom is 0.344 e. The van der Waals surface area contributed by atoms with Gasteiger partial charge in [0.2, 0.25) is 0 Å². The standard InChI is InChI=1S/C18H18BrNO4/c1-2-13-6-8-15(9-7-13)20-17(21)11-24-18(22)12-23-16-5-3-4-14(19)10-16/h3-10H,2,11-12H2,1H3,(H,20,21). The second kappa shape index (κ2) is 9.08. The molecule has 5 nitrogen and oxygen atoms in total. The van der Waals surface area contributed by atoms with Gasteiger partial charge in [-0.15, -0.1) is 0 Å². The van der Waals surface area contributed by atoms with Crippen molar-refractivity contribution in [3.8, 4) is 5.75 Å². The highest BCUT2D eigenvalue weighted by Gasteiger charge is 2.09. The number of hydrogen-bond donors (Lipinski definition) is 1. The number of halogens is 1. The van der Waals surface area contributed by atoms with Gasteiger partial charge in [0.15, 0.2) is 13.2 Å². The van der Waals surface area contributed by atoms with E-state index in [0.717, 1.165) is 10.9 Å². The number of rotatable bonds is 7. The fraction of sp³-hybridized carbons (Fsp3) is 0.222. The first-order valence-electron chi connectivity index (χ1n) is 7.49. The lowest BCUT2D eigenvalue weighted by Crippen LogP contribution is -2.23. The Morgan fingerprint density at radius 2 is 1.83 bits per heavy atom. The van der Waals surface area contributed by atoms with Crippen LogP contribution in [0, 0.1) is 0 Å². The highest BCUT2D eigenvalue weighted by molar-refractivity contribution is 9.10. The number of hydrogen-bond acceptors (Lipinski definition) is 4. The van der Waals surface area contributed by atoms with E-state index in [4.69, 9.17) is 9.47 Å². The van der Waals surface area contributed by atoms with E-state index >= 15 is 0 Å². The van der Waals surface area contributed by atoms with E-state index < -0.39 is 11.9 Å². The summed E-state index contributed by atoms with van der Waals surface area (Å²) in [4.78, 5) is 23.4. The van der Waals surface area contributed by atoms with Crippen molar-refractivity contribution < 1.29 is 19.1 Å². The van der Waals surface area contributed by atoms with Gasteiger partial charge in [0.1, 0.15) is 5.75 Å². The smallest absolute Gasteiger partial charge is 0.344 e. The molecule has 1 N–H and O–H groups in total. The Bertz CT molecular complexity index is 700. The van der Waals surface area contributed by atoms with Gasteiger partial charge in [0, 0.05) is 10.2 Å². The van der Waals surface area contributed by atoms with Crippen LogP contribution in [0.3, 0.4) is 0 Å². The van der Waals surface area contributed by atoms with E-state index in [-0.39, 0.29) is 13.2 Å². The van der Waals surface area contributed by atoms with Crippen LogP contribution in [-0.4, -0.2) is 25.1 Å². The molecule has 0 unspecified atom stereocenters. The first-order chi connectivity index (χ1) is 11.6. The molecule has 0 fully saturated rings. The topological polar surface area (TPSA) is 64.6 Å². The number of carbonyl (C=O) groups is 2. The normalized spacial score (nSPS) is 10.1. The maximum atomic E-state index is 11.8. The van der Waals surface area contributed by atoms with E-state index in [1.165, 1.54) is 5.56 Å². The van der Waals surface area contributed by atoms with Crippen molar-refractivity contribution in [1.82, 2.24) is 0 Å². The molecule has 0 heterocycles. The van der Waals surface area contributed by atoms with Crippen LogP contribution in [0.5, 0.6) is 5.75 Å². The van der Waals surface area contributed by atoms with Crippen LogP contribution in [0.25, 0.3) is 0 Å². The van der Waals surface area contributed by atoms with E-state index in [2.05, 4.69) is 28.2 Å². The summed E-state index contributed by atoms with van der Waals surface area (Å²) in [5, 5.41) is 2.67. The molecule has 1 amide bonds. The molecule has 0 radical (unpaired) electrons. The number of esters is 1. The van der Waals surface area contributed by atoms with Gasteiger partial charge in [-0.3, -0.25) is 4.79 Å². The van der Waals surface area contributed by atoms with Gasteiger partial charge in [0.05, 0.1) is 0 Å². The minimum atomic E-state index is -0.605. The van der Waals surface area contributed by atoms with Crippen LogP contribution in [-0.2, 0) is 20.7 Å². The van der Waals surface area contributed by atoms with Gasteiger partial charge < -0.3 is 14.8 Å². The minimum Gasteiger partial charge on any atom is -0.482 e. The number of ether oxygens (including phenoxy) is 2. The Balaban J connectivity index is 1.71. The molecular formula is C18H18BrNO4. The molecule has 126 valence electrons. The van der Waals surface area contributed by atoms with Crippen molar-refractivity contribution in [2.45, 2.75) is 13.3 Å². The van der Waals surface area contributed by atoms with Crippen LogP contribution in [0.1, 0.15) is 12.5 Å². The van der Waals surface area contributed by atoms with Gasteiger partial charge in [-0.1, -0.05) is 41.1 Å². The Morgan fingerprint density at radius 1 is 1.08 bits per heavy atom. The zero-order valence-corrected chi connectivity index (χ0v) is 14.8. The first-order valence-corrected chi connectivity index (χ1v) is 8.29. The molecule has 0 saturated heterocycles. The molecule has 24 heavy (non-hydrogen) atoms. The van der Waals surface area contributed by atoms with Crippen LogP contribution in [0.4, 0.5) is 5.69 Å². The number of amides is 1. The van der Waals surface area contributed by atoms with E-state index in [1.54, 1.807) is 18.2 Å². The average Bonchev–Trinajstić information content (AvgIpc) is 2.59. The van der Waals surface area contributed by atoms with E-state index in [0.29, 0.717) is 11.4 Å². The van der Waals surface area contributed by atoms with Crippen LogP contribution in [0.15, 0.2) is 53.0 Å². The number of nitrogens with one attached hydrogen (secondary N) is 1. The van der Waals surface area contributed by atoms with Crippen molar-refractivity contribution in [3.05, 3.63) is 58.6 Å². The third-order valence-electron chi connectivity index (χ3n) is 3.16. The summed E-state index contributed by atoms with van der Waals surface area (Å²) in [6, 6.07) is 14.6. The van der Waals surface area contributed by atoms with Crippen molar-refractivity contribution in [3.63, 3.8) is 0 Å². The fourth-order valence-corrected chi connectivity index (χ4v) is 2.29. The number of carbonyl (C=O) groups excluding carboxylic acids is 2. The molecule has 0 aliphatic heterocycles. The Hall–Kier alpha value is -2.34. The van der Waals surface area contributed by atoms with Crippen molar-refractivity contribution in [2.24, 2.45) is 0 Å². The molecule has 0 saturated carbocycles. The third-order valence-corrected chi connectivity index (χ3v) is 3.66. The van der Waals surface area contributed by atoms with Crippen molar-refractivity contribution >= 4 is 33.5 Å². The molecule has 0 bridgehead atoms. The van der Waals surface area contributed by atoms with Crippen LogP contribution < -0.4 is 10.1 Å². The summed E-state index contributed by atoms with van der Waals surface area (Å²) < 4.78 is 11.0. The summed E-state index contributed by atoms with van der Waals surface area (Å²) in [6.07, 6.45) is 0.934. The average molecular weight is 392 g/mol. The summed E-state index contributed by atoms with van der Waals surface area (Å²) in [6.45, 7) is 1.45. The molecule has 2 aromatic rings. The third kappa shape index (κ3) is 6.04. The Morgan fingerprint density at radius 3 is 2.50 bits per heavy atom. The van der Waals surface area contributed by atoms with E-state index in [1.807, 2.05) is 30.3 Å². The number of aryl methyl sites for hydroxylation is 1. The molecule has 0 aliphatic rings. The first kappa shape index (κ1) is 18.0. The maximum absolute atomic E-state index is 11.8. The lowest BCUT2D eigenvalue weighted by atomic mass is 10.1. The SMILES string of the molecule is CCc1ccc(NC(=O)COC(=O)COc2cccc(Br)c2)cc1. The predicted octanol–water partition coefficient (Wildman–Crippen LogP) is 3.57. The fourth-order valence-electron chi connectivity index (χ4n) is 1.91. The summed E-state index contributed by atoms with van der Waals surface area (Å²) in [5.74, 6) is -0.455. The molecule has 2 rings (SSSR count). The lowest BCUT2D eigenvalue weighted by Gasteiger charge is -2.08. The molecule has 6 heteroatoms. The zero-order valence-electron chi connectivity index (χ0n) is 13.3. The lowest BCUT2D eigenvalue weighted by molar-refractivity contribution is -0.149. The van der Waals surface area contributed by atoms with E-state index in [9.17, 15) is 9.59 Å². The zero-order chi connectivity index (χ0) is 17.4. The quantitative estimate of drug-likeness (QED) is 0.732. The van der Waals surface area contributed by atoms with Gasteiger partial charge >= 0.3 is 5.97 Å². The summed E-state index contributed by atoms with van der Waals surface area (Å²) in [5.41, 5.74) is 1.85. The monoisotopic (exact) mass is 391 g/mol.